The number of thioether (sulfide) groups is 1. The summed E-state index contributed by atoms with van der Waals surface area (Å²) >= 11 is 4.71. The van der Waals surface area contributed by atoms with E-state index in [2.05, 4.69) is 20.9 Å². The van der Waals surface area contributed by atoms with Crippen molar-refractivity contribution >= 4 is 62.5 Å². The molecule has 2 aromatic rings. The summed E-state index contributed by atoms with van der Waals surface area (Å²) in [7, 11) is 1.32. The topological polar surface area (TPSA) is 104 Å². The fourth-order valence-electron chi connectivity index (χ4n) is 3.36. The highest BCUT2D eigenvalue weighted by molar-refractivity contribution is 9.10. The number of carbonyl (C=O) groups is 3. The van der Waals surface area contributed by atoms with Crippen LogP contribution in [0, 0.1) is 0 Å². The zero-order valence-corrected chi connectivity index (χ0v) is 23.3. The SMILES string of the molecule is CCOC(=O)COc1c(Br)cc(C=C2SC(=Nc3cccc(C(=O)OC)c3)N(CC)C2=O)cc1OCC. The maximum atomic E-state index is 13.1. The molecule has 1 saturated heterocycles. The van der Waals surface area contributed by atoms with Crippen molar-refractivity contribution in [2.24, 2.45) is 4.99 Å². The van der Waals surface area contributed by atoms with Gasteiger partial charge in [-0.25, -0.2) is 14.6 Å². The van der Waals surface area contributed by atoms with Crippen LogP contribution in [0.5, 0.6) is 11.5 Å². The number of halogens is 1. The van der Waals surface area contributed by atoms with Crippen LogP contribution in [0.3, 0.4) is 0 Å². The van der Waals surface area contributed by atoms with Crippen molar-refractivity contribution in [3.8, 4) is 11.5 Å². The van der Waals surface area contributed by atoms with Gasteiger partial charge in [0.05, 0.1) is 41.0 Å². The van der Waals surface area contributed by atoms with Crippen molar-refractivity contribution in [3.05, 3.63) is 56.9 Å². The molecule has 0 unspecified atom stereocenters. The van der Waals surface area contributed by atoms with Gasteiger partial charge >= 0.3 is 11.9 Å². The van der Waals surface area contributed by atoms with Gasteiger partial charge in [0.2, 0.25) is 0 Å². The first-order chi connectivity index (χ1) is 17.8. The van der Waals surface area contributed by atoms with Crippen LogP contribution in [0.2, 0.25) is 0 Å². The zero-order chi connectivity index (χ0) is 26.9. The molecule has 1 heterocycles. The van der Waals surface area contributed by atoms with Gasteiger partial charge in [-0.3, -0.25) is 9.69 Å². The summed E-state index contributed by atoms with van der Waals surface area (Å²) in [5.74, 6) is -0.350. The van der Waals surface area contributed by atoms with E-state index in [1.165, 1.54) is 18.9 Å². The van der Waals surface area contributed by atoms with Gasteiger partial charge in [0.1, 0.15) is 0 Å². The number of benzene rings is 2. The number of aliphatic imine (C=N–C) groups is 1. The molecule has 3 rings (SSSR count). The quantitative estimate of drug-likeness (QED) is 0.275. The van der Waals surface area contributed by atoms with Crippen molar-refractivity contribution in [2.75, 3.05) is 33.5 Å². The van der Waals surface area contributed by atoms with Gasteiger partial charge in [-0.2, -0.15) is 0 Å². The average molecular weight is 591 g/mol. The fourth-order valence-corrected chi connectivity index (χ4v) is 5.00. The summed E-state index contributed by atoms with van der Waals surface area (Å²) in [5, 5.41) is 0.499. The predicted molar refractivity (Wildman–Crippen MR) is 145 cm³/mol. The zero-order valence-electron chi connectivity index (χ0n) is 20.9. The van der Waals surface area contributed by atoms with Gasteiger partial charge in [0.25, 0.3) is 5.91 Å². The van der Waals surface area contributed by atoms with E-state index in [1.807, 2.05) is 13.8 Å². The molecular formula is C26H27BrN2O7S. The number of hydrogen-bond acceptors (Lipinski definition) is 9. The second-order valence-corrected chi connectivity index (χ2v) is 9.32. The first-order valence-electron chi connectivity index (χ1n) is 11.5. The minimum Gasteiger partial charge on any atom is -0.490 e. The Balaban J connectivity index is 1.91. The highest BCUT2D eigenvalue weighted by atomic mass is 79.9. The Kier molecular flexibility index (Phi) is 10.2. The summed E-state index contributed by atoms with van der Waals surface area (Å²) < 4.78 is 21.6. The standard InChI is InChI=1S/C26H27BrN2O7S/c1-5-29-24(31)21(37-26(29)28-18-10-8-9-17(14-18)25(32)33-4)13-16-11-19(27)23(20(12-16)34-6-2)36-15-22(30)35-7-3/h8-14H,5-7,15H2,1-4H3. The summed E-state index contributed by atoms with van der Waals surface area (Å²) in [4.78, 5) is 43.4. The van der Waals surface area contributed by atoms with E-state index in [1.54, 1.807) is 54.3 Å². The lowest BCUT2D eigenvalue weighted by Crippen LogP contribution is -2.28. The molecule has 1 amide bonds. The number of amidine groups is 1. The number of amides is 1. The lowest BCUT2D eigenvalue weighted by atomic mass is 10.2. The van der Waals surface area contributed by atoms with Crippen LogP contribution in [0.25, 0.3) is 6.08 Å². The van der Waals surface area contributed by atoms with E-state index in [-0.39, 0.29) is 19.1 Å². The number of rotatable bonds is 10. The number of hydrogen-bond donors (Lipinski definition) is 0. The Hall–Kier alpha value is -3.31. The second kappa shape index (κ2) is 13.3. The Morgan fingerprint density at radius 1 is 1.11 bits per heavy atom. The van der Waals surface area contributed by atoms with E-state index in [4.69, 9.17) is 18.9 Å². The summed E-state index contributed by atoms with van der Waals surface area (Å²) in [6.45, 7) is 6.22. The smallest absolute Gasteiger partial charge is 0.344 e. The molecule has 9 nitrogen and oxygen atoms in total. The molecule has 2 aromatic carbocycles. The van der Waals surface area contributed by atoms with E-state index in [9.17, 15) is 14.4 Å². The first kappa shape index (κ1) is 28.3. The highest BCUT2D eigenvalue weighted by Gasteiger charge is 2.32. The molecule has 0 atom stereocenters. The number of ether oxygens (including phenoxy) is 4. The fraction of sp³-hybridized carbons (Fsp3) is 0.308. The van der Waals surface area contributed by atoms with E-state index < -0.39 is 11.9 Å². The normalized spacial score (nSPS) is 15.3. The number of nitrogens with zero attached hydrogens (tertiary/aromatic N) is 2. The third kappa shape index (κ3) is 7.14. The Bertz CT molecular complexity index is 1250. The number of methoxy groups -OCH3 is 1. The van der Waals surface area contributed by atoms with Crippen LogP contribution in [-0.2, 0) is 19.1 Å². The summed E-state index contributed by atoms with van der Waals surface area (Å²) in [5.41, 5.74) is 1.60. The van der Waals surface area contributed by atoms with Crippen LogP contribution >= 0.6 is 27.7 Å². The van der Waals surface area contributed by atoms with Crippen molar-refractivity contribution in [3.63, 3.8) is 0 Å². The Morgan fingerprint density at radius 3 is 2.57 bits per heavy atom. The molecular weight excluding hydrogens is 564 g/mol. The molecule has 37 heavy (non-hydrogen) atoms. The predicted octanol–water partition coefficient (Wildman–Crippen LogP) is 5.20. The lowest BCUT2D eigenvalue weighted by molar-refractivity contribution is -0.145. The molecule has 0 aliphatic carbocycles. The van der Waals surface area contributed by atoms with Crippen LogP contribution in [-0.4, -0.2) is 61.4 Å². The molecule has 0 aromatic heterocycles. The van der Waals surface area contributed by atoms with E-state index >= 15 is 0 Å². The Morgan fingerprint density at radius 2 is 1.89 bits per heavy atom. The molecule has 0 spiro atoms. The van der Waals surface area contributed by atoms with Gasteiger partial charge in [0, 0.05) is 6.54 Å². The third-order valence-corrected chi connectivity index (χ3v) is 6.56. The maximum absolute atomic E-state index is 13.1. The van der Waals surface area contributed by atoms with Crippen molar-refractivity contribution < 1.29 is 33.3 Å². The number of carbonyl (C=O) groups excluding carboxylic acids is 3. The van der Waals surface area contributed by atoms with Crippen molar-refractivity contribution in [2.45, 2.75) is 20.8 Å². The molecule has 0 saturated carbocycles. The molecule has 0 radical (unpaired) electrons. The number of likely N-dealkylation sites (N-methyl/N-ethyl adjacent to an activating group) is 1. The van der Waals surface area contributed by atoms with Crippen LogP contribution < -0.4 is 9.47 Å². The largest absolute Gasteiger partial charge is 0.490 e. The first-order valence-corrected chi connectivity index (χ1v) is 13.1. The molecule has 1 aliphatic rings. The number of esters is 2. The van der Waals surface area contributed by atoms with Gasteiger partial charge in [0.15, 0.2) is 23.3 Å². The van der Waals surface area contributed by atoms with E-state index in [0.717, 1.165) is 0 Å². The highest BCUT2D eigenvalue weighted by Crippen LogP contribution is 2.39. The van der Waals surface area contributed by atoms with Crippen LogP contribution in [0.1, 0.15) is 36.7 Å². The molecule has 1 fully saturated rings. The molecule has 196 valence electrons. The summed E-state index contributed by atoms with van der Waals surface area (Å²) in [6.07, 6.45) is 1.74. The minimum absolute atomic E-state index is 0.188. The van der Waals surface area contributed by atoms with Gasteiger partial charge in [-0.05, 0) is 90.4 Å². The average Bonchev–Trinajstić information content (AvgIpc) is 3.16. The van der Waals surface area contributed by atoms with Gasteiger partial charge in [-0.15, -0.1) is 0 Å². The van der Waals surface area contributed by atoms with E-state index in [0.29, 0.717) is 56.0 Å². The molecule has 1 aliphatic heterocycles. The van der Waals surface area contributed by atoms with Gasteiger partial charge in [-0.1, -0.05) is 6.07 Å². The van der Waals surface area contributed by atoms with Crippen LogP contribution in [0.15, 0.2) is 50.8 Å². The summed E-state index contributed by atoms with van der Waals surface area (Å²) in [6, 6.07) is 10.2. The maximum Gasteiger partial charge on any atom is 0.344 e. The molecule has 0 N–H and O–H groups in total. The monoisotopic (exact) mass is 590 g/mol. The Labute approximate surface area is 227 Å². The second-order valence-electron chi connectivity index (χ2n) is 7.45. The molecule has 0 bridgehead atoms. The molecule has 11 heteroatoms. The third-order valence-electron chi connectivity index (χ3n) is 4.97. The minimum atomic E-state index is -0.486. The lowest BCUT2D eigenvalue weighted by Gasteiger charge is -2.14. The van der Waals surface area contributed by atoms with Crippen LogP contribution in [0.4, 0.5) is 5.69 Å². The van der Waals surface area contributed by atoms with Crippen molar-refractivity contribution in [1.29, 1.82) is 0 Å². The van der Waals surface area contributed by atoms with Crippen molar-refractivity contribution in [1.82, 2.24) is 4.90 Å². The van der Waals surface area contributed by atoms with Gasteiger partial charge < -0.3 is 18.9 Å².